The van der Waals surface area contributed by atoms with E-state index in [2.05, 4.69) is 50.2 Å². The van der Waals surface area contributed by atoms with Crippen molar-refractivity contribution in [2.75, 3.05) is 26.2 Å². The molecular weight excluding hydrogens is 667 g/mol. The Morgan fingerprint density at radius 1 is 0.774 bits per heavy atom. The van der Waals surface area contributed by atoms with Crippen LogP contribution in [0.3, 0.4) is 0 Å². The Balaban J connectivity index is 1.07. The third kappa shape index (κ3) is 9.58. The van der Waals surface area contributed by atoms with Crippen molar-refractivity contribution in [3.05, 3.63) is 125 Å². The van der Waals surface area contributed by atoms with Crippen molar-refractivity contribution in [2.45, 2.75) is 77.7 Å². The third-order valence-corrected chi connectivity index (χ3v) is 10.3. The fraction of sp³-hybridized carbons (Fsp3) is 0.405. The number of carbonyl (C=O) groups excluding carboxylic acids is 4. The van der Waals surface area contributed by atoms with Crippen LogP contribution in [-0.2, 0) is 46.7 Å². The van der Waals surface area contributed by atoms with E-state index < -0.39 is 12.1 Å². The normalized spacial score (nSPS) is 15.8. The van der Waals surface area contributed by atoms with Gasteiger partial charge in [-0.05, 0) is 66.5 Å². The summed E-state index contributed by atoms with van der Waals surface area (Å²) in [6, 6.07) is 26.5. The fourth-order valence-electron chi connectivity index (χ4n) is 7.36. The molecule has 1 aromatic heterocycles. The Bertz CT molecular complexity index is 1840. The van der Waals surface area contributed by atoms with Crippen LogP contribution in [0.2, 0.25) is 0 Å². The first-order valence-electron chi connectivity index (χ1n) is 18.8. The van der Waals surface area contributed by atoms with Crippen molar-refractivity contribution in [3.63, 3.8) is 0 Å². The molecule has 53 heavy (non-hydrogen) atoms. The summed E-state index contributed by atoms with van der Waals surface area (Å²) in [4.78, 5) is 57.7. The van der Waals surface area contributed by atoms with E-state index >= 15 is 0 Å². The zero-order chi connectivity index (χ0) is 37.3. The molecule has 1 saturated heterocycles. The number of rotatable bonds is 14. The van der Waals surface area contributed by atoms with Gasteiger partial charge in [0.25, 0.3) is 5.91 Å². The Morgan fingerprint density at radius 3 is 2.06 bits per heavy atom. The second-order valence-corrected chi connectivity index (χ2v) is 14.4. The van der Waals surface area contributed by atoms with Gasteiger partial charge < -0.3 is 20.9 Å². The van der Waals surface area contributed by atoms with Crippen LogP contribution in [-0.4, -0.2) is 81.5 Å². The van der Waals surface area contributed by atoms with E-state index in [0.29, 0.717) is 44.5 Å². The van der Waals surface area contributed by atoms with Crippen LogP contribution in [0.1, 0.15) is 71.5 Å². The Labute approximate surface area is 312 Å². The maximum Gasteiger partial charge on any atom is 0.270 e. The lowest BCUT2D eigenvalue weighted by molar-refractivity contribution is -0.138. The van der Waals surface area contributed by atoms with Crippen molar-refractivity contribution >= 4 is 23.6 Å². The number of amides is 4. The molecule has 11 heteroatoms. The van der Waals surface area contributed by atoms with Gasteiger partial charge in [-0.15, -0.1) is 0 Å². The zero-order valence-electron chi connectivity index (χ0n) is 31.0. The summed E-state index contributed by atoms with van der Waals surface area (Å²) < 4.78 is 1.66. The van der Waals surface area contributed by atoms with Crippen LogP contribution in [0.25, 0.3) is 0 Å². The number of hydrogen-bond acceptors (Lipinski definition) is 6. The van der Waals surface area contributed by atoms with Crippen molar-refractivity contribution in [3.8, 4) is 0 Å². The predicted molar refractivity (Wildman–Crippen MR) is 204 cm³/mol. The summed E-state index contributed by atoms with van der Waals surface area (Å²) in [7, 11) is 0. The monoisotopic (exact) mass is 717 g/mol. The lowest BCUT2D eigenvalue weighted by Gasteiger charge is -2.36. The largest absolute Gasteiger partial charge is 0.350 e. The quantitative estimate of drug-likeness (QED) is 0.181. The highest BCUT2D eigenvalue weighted by molar-refractivity contribution is 5.96. The summed E-state index contributed by atoms with van der Waals surface area (Å²) in [5.41, 5.74) is 5.86. The van der Waals surface area contributed by atoms with E-state index in [0.717, 1.165) is 30.8 Å². The number of hydrogen-bond donors (Lipinski definition) is 3. The van der Waals surface area contributed by atoms with E-state index in [-0.39, 0.29) is 42.1 Å². The predicted octanol–water partition coefficient (Wildman–Crippen LogP) is 4.08. The van der Waals surface area contributed by atoms with E-state index in [1.807, 2.05) is 73.3 Å². The highest BCUT2D eigenvalue weighted by Crippen LogP contribution is 2.29. The van der Waals surface area contributed by atoms with Crippen molar-refractivity contribution in [1.29, 1.82) is 0 Å². The average molecular weight is 718 g/mol. The number of nitrogens with zero attached hydrogens (tertiary/aromatic N) is 4. The van der Waals surface area contributed by atoms with E-state index in [4.69, 9.17) is 0 Å². The van der Waals surface area contributed by atoms with Gasteiger partial charge in [-0.2, -0.15) is 5.10 Å². The summed E-state index contributed by atoms with van der Waals surface area (Å²) in [5.74, 6) is -0.890. The van der Waals surface area contributed by atoms with Crippen LogP contribution in [0, 0.1) is 5.92 Å². The highest BCUT2D eigenvalue weighted by Gasteiger charge is 2.35. The minimum Gasteiger partial charge on any atom is -0.350 e. The number of aromatic nitrogens is 2. The molecule has 0 bridgehead atoms. The minimum absolute atomic E-state index is 0.00561. The lowest BCUT2D eigenvalue weighted by atomic mass is 9.95. The van der Waals surface area contributed by atoms with Crippen molar-refractivity contribution < 1.29 is 19.2 Å². The topological polar surface area (TPSA) is 129 Å². The van der Waals surface area contributed by atoms with Gasteiger partial charge in [0.05, 0.1) is 0 Å². The molecular formula is C42H51N7O4. The lowest BCUT2D eigenvalue weighted by Crippen LogP contribution is -2.55. The van der Waals surface area contributed by atoms with Crippen LogP contribution in [0.15, 0.2) is 91.1 Å². The standard InChI is InChI=1S/C42H51N7O4/c1-4-38(50)45-36(42(53)48-22-20-47(21-23-48)28-32-10-6-5-7-11-32)24-30-14-16-31(17-15-30)27-43-41(52)39(35-25-33-12-8-9-13-34(33)26-35)46-40(51)37-18-19-44-49(37)29(2)3/h5-19,29,35-36,39H,4,20-28H2,1-3H3,(H,43,52)(H,45,50)(H,46,51)/t36-,39?/m1/s1. The van der Waals surface area contributed by atoms with Gasteiger partial charge in [-0.1, -0.05) is 85.8 Å². The first-order valence-corrected chi connectivity index (χ1v) is 18.8. The molecule has 4 amide bonds. The number of carbonyl (C=O) groups is 4. The second kappa shape index (κ2) is 17.5. The van der Waals surface area contributed by atoms with Gasteiger partial charge in [0.1, 0.15) is 17.8 Å². The van der Waals surface area contributed by atoms with Gasteiger partial charge in [-0.3, -0.25) is 28.8 Å². The molecule has 1 aliphatic heterocycles. The first-order chi connectivity index (χ1) is 25.7. The maximum absolute atomic E-state index is 13.8. The molecule has 0 radical (unpaired) electrons. The van der Waals surface area contributed by atoms with Crippen molar-refractivity contribution in [1.82, 2.24) is 35.5 Å². The molecule has 278 valence electrons. The van der Waals surface area contributed by atoms with Crippen LogP contribution in [0.5, 0.6) is 0 Å². The zero-order valence-corrected chi connectivity index (χ0v) is 31.0. The number of benzene rings is 3. The average Bonchev–Trinajstić information content (AvgIpc) is 3.85. The Hall–Kier alpha value is -5.29. The van der Waals surface area contributed by atoms with Gasteiger partial charge in [0.15, 0.2) is 0 Å². The molecule has 6 rings (SSSR count). The van der Waals surface area contributed by atoms with E-state index in [9.17, 15) is 19.2 Å². The molecule has 1 aliphatic carbocycles. The van der Waals surface area contributed by atoms with Crippen molar-refractivity contribution in [2.24, 2.45) is 5.92 Å². The maximum atomic E-state index is 13.8. The third-order valence-electron chi connectivity index (χ3n) is 10.3. The number of nitrogens with one attached hydrogen (secondary N) is 3. The molecule has 4 aromatic rings. The summed E-state index contributed by atoms with van der Waals surface area (Å²) in [6.07, 6.45) is 3.66. The highest BCUT2D eigenvalue weighted by atomic mass is 16.2. The van der Waals surface area contributed by atoms with Gasteiger partial charge in [-0.25, -0.2) is 0 Å². The van der Waals surface area contributed by atoms with E-state index in [1.54, 1.807) is 23.9 Å². The molecule has 3 N–H and O–H groups in total. The molecule has 1 fully saturated rings. The molecule has 1 unspecified atom stereocenters. The Kier molecular flexibility index (Phi) is 12.4. The Morgan fingerprint density at radius 2 is 1.42 bits per heavy atom. The summed E-state index contributed by atoms with van der Waals surface area (Å²) >= 11 is 0. The summed E-state index contributed by atoms with van der Waals surface area (Å²) in [5, 5.41) is 13.4. The second-order valence-electron chi connectivity index (χ2n) is 14.4. The molecule has 2 atom stereocenters. The SMILES string of the molecule is CCC(=O)N[C@H](Cc1ccc(CNC(=O)C(NC(=O)c2ccnn2C(C)C)C2Cc3ccccc3C2)cc1)C(=O)N1CCN(Cc2ccccc2)CC1. The van der Waals surface area contributed by atoms with Gasteiger partial charge >= 0.3 is 0 Å². The molecule has 2 aliphatic rings. The van der Waals surface area contributed by atoms with Crippen LogP contribution < -0.4 is 16.0 Å². The molecule has 3 aromatic carbocycles. The number of fused-ring (bicyclic) bond motifs is 1. The van der Waals surface area contributed by atoms with Gasteiger partial charge in [0, 0.05) is 64.3 Å². The summed E-state index contributed by atoms with van der Waals surface area (Å²) in [6.45, 7) is 9.59. The van der Waals surface area contributed by atoms with Gasteiger partial charge in [0.2, 0.25) is 17.7 Å². The first kappa shape index (κ1) is 37.5. The minimum atomic E-state index is -0.737. The van der Waals surface area contributed by atoms with Crippen LogP contribution in [0.4, 0.5) is 0 Å². The van der Waals surface area contributed by atoms with Crippen LogP contribution >= 0.6 is 0 Å². The van der Waals surface area contributed by atoms with E-state index in [1.165, 1.54) is 16.7 Å². The molecule has 11 nitrogen and oxygen atoms in total. The molecule has 2 heterocycles. The fourth-order valence-corrected chi connectivity index (χ4v) is 7.36. The smallest absolute Gasteiger partial charge is 0.270 e. The number of piperazine rings is 1. The molecule has 0 saturated carbocycles. The molecule has 0 spiro atoms.